The number of carbonyl (C=O) groups is 1. The number of carbonyl (C=O) groups excluding carboxylic acids is 1. The van der Waals surface area contributed by atoms with E-state index in [4.69, 9.17) is 0 Å². The summed E-state index contributed by atoms with van der Waals surface area (Å²) in [6.45, 7) is 2.72. The predicted molar refractivity (Wildman–Crippen MR) is 71.1 cm³/mol. The highest BCUT2D eigenvalue weighted by molar-refractivity contribution is 5.96. The molecule has 2 aliphatic rings. The van der Waals surface area contributed by atoms with Gasteiger partial charge in [0.25, 0.3) is 0 Å². The van der Waals surface area contributed by atoms with Crippen LogP contribution in [0.15, 0.2) is 16.8 Å². The maximum absolute atomic E-state index is 12.3. The molecule has 20 heavy (non-hydrogen) atoms. The standard InChI is InChI=1S/C13H15N5O2/c19-11-7-13(3-5-14-6-4-13)8-18(11)10-2-1-9-12(15-10)17-20-16-9/h1-2,14H,3-8H2. The van der Waals surface area contributed by atoms with Crippen LogP contribution in [-0.2, 0) is 4.79 Å². The van der Waals surface area contributed by atoms with Gasteiger partial charge in [0, 0.05) is 13.0 Å². The van der Waals surface area contributed by atoms with Crippen molar-refractivity contribution < 1.29 is 9.42 Å². The zero-order chi connectivity index (χ0) is 13.6. The van der Waals surface area contributed by atoms with Gasteiger partial charge in [-0.2, -0.15) is 0 Å². The fourth-order valence-corrected chi connectivity index (χ4v) is 3.22. The highest BCUT2D eigenvalue weighted by atomic mass is 16.6. The minimum absolute atomic E-state index is 0.112. The lowest BCUT2D eigenvalue weighted by Crippen LogP contribution is -2.38. The minimum Gasteiger partial charge on any atom is -0.317 e. The van der Waals surface area contributed by atoms with E-state index in [9.17, 15) is 4.79 Å². The zero-order valence-electron chi connectivity index (χ0n) is 11.0. The Hall–Kier alpha value is -2.02. The molecule has 2 saturated heterocycles. The molecule has 0 radical (unpaired) electrons. The second-order valence-electron chi connectivity index (χ2n) is 5.68. The number of pyridine rings is 1. The van der Waals surface area contributed by atoms with Crippen LogP contribution >= 0.6 is 0 Å². The average Bonchev–Trinajstić information content (AvgIpc) is 3.04. The van der Waals surface area contributed by atoms with Crippen LogP contribution in [0.3, 0.4) is 0 Å². The number of piperidine rings is 1. The summed E-state index contributed by atoms with van der Waals surface area (Å²) in [5.41, 5.74) is 1.17. The lowest BCUT2D eigenvalue weighted by atomic mass is 9.78. The van der Waals surface area contributed by atoms with Crippen molar-refractivity contribution >= 4 is 22.9 Å². The molecule has 0 aliphatic carbocycles. The topological polar surface area (TPSA) is 84.2 Å². The van der Waals surface area contributed by atoms with Crippen molar-refractivity contribution in [1.29, 1.82) is 0 Å². The first kappa shape index (κ1) is 11.8. The summed E-state index contributed by atoms with van der Waals surface area (Å²) in [7, 11) is 0. The minimum atomic E-state index is 0.112. The van der Waals surface area contributed by atoms with E-state index in [-0.39, 0.29) is 11.3 Å². The third-order valence-corrected chi connectivity index (χ3v) is 4.37. The summed E-state index contributed by atoms with van der Waals surface area (Å²) in [5.74, 6) is 0.795. The fourth-order valence-electron chi connectivity index (χ4n) is 3.22. The lowest BCUT2D eigenvalue weighted by molar-refractivity contribution is -0.117. The van der Waals surface area contributed by atoms with Crippen LogP contribution in [0.25, 0.3) is 11.2 Å². The Morgan fingerprint density at radius 1 is 1.25 bits per heavy atom. The van der Waals surface area contributed by atoms with Crippen molar-refractivity contribution in [2.75, 3.05) is 24.5 Å². The fraction of sp³-hybridized carbons (Fsp3) is 0.538. The van der Waals surface area contributed by atoms with E-state index in [2.05, 4.69) is 25.2 Å². The maximum Gasteiger partial charge on any atom is 0.228 e. The summed E-state index contributed by atoms with van der Waals surface area (Å²) >= 11 is 0. The molecule has 0 atom stereocenters. The number of nitrogens with zero attached hydrogens (tertiary/aromatic N) is 4. The summed E-state index contributed by atoms with van der Waals surface area (Å²) in [6.07, 6.45) is 2.71. The SMILES string of the molecule is O=C1CC2(CCNCC2)CN1c1ccc2nonc2n1. The van der Waals surface area contributed by atoms with Crippen LogP contribution in [-0.4, -0.2) is 40.8 Å². The number of fused-ring (bicyclic) bond motifs is 1. The molecule has 0 saturated carbocycles. The van der Waals surface area contributed by atoms with Crippen LogP contribution in [0.1, 0.15) is 19.3 Å². The molecule has 104 valence electrons. The highest BCUT2D eigenvalue weighted by Gasteiger charge is 2.44. The normalized spacial score (nSPS) is 22.0. The molecule has 7 nitrogen and oxygen atoms in total. The van der Waals surface area contributed by atoms with Crippen molar-refractivity contribution in [3.63, 3.8) is 0 Å². The Morgan fingerprint density at radius 2 is 2.10 bits per heavy atom. The van der Waals surface area contributed by atoms with E-state index in [1.54, 1.807) is 11.0 Å². The van der Waals surface area contributed by atoms with Gasteiger partial charge in [0.05, 0.1) is 0 Å². The second-order valence-corrected chi connectivity index (χ2v) is 5.68. The molecule has 1 spiro atoms. The Bertz CT molecular complexity index is 662. The highest BCUT2D eigenvalue weighted by Crippen LogP contribution is 2.40. The van der Waals surface area contributed by atoms with Crippen molar-refractivity contribution in [3.8, 4) is 0 Å². The van der Waals surface area contributed by atoms with Gasteiger partial charge >= 0.3 is 0 Å². The molecule has 2 fully saturated rings. The maximum atomic E-state index is 12.3. The van der Waals surface area contributed by atoms with Crippen molar-refractivity contribution in [1.82, 2.24) is 20.6 Å². The first-order valence-electron chi connectivity index (χ1n) is 6.86. The summed E-state index contributed by atoms with van der Waals surface area (Å²) in [5, 5.41) is 10.8. The molecule has 0 aromatic carbocycles. The van der Waals surface area contributed by atoms with Gasteiger partial charge in [-0.3, -0.25) is 9.69 Å². The van der Waals surface area contributed by atoms with Crippen LogP contribution in [0, 0.1) is 5.41 Å². The smallest absolute Gasteiger partial charge is 0.228 e. The summed E-state index contributed by atoms with van der Waals surface area (Å²) < 4.78 is 4.65. The molecular formula is C13H15N5O2. The van der Waals surface area contributed by atoms with Gasteiger partial charge in [-0.05, 0) is 53.8 Å². The largest absolute Gasteiger partial charge is 0.317 e. The molecule has 4 rings (SSSR count). The van der Waals surface area contributed by atoms with E-state index in [1.165, 1.54) is 0 Å². The number of anilines is 1. The van der Waals surface area contributed by atoms with Crippen molar-refractivity contribution in [3.05, 3.63) is 12.1 Å². The van der Waals surface area contributed by atoms with E-state index in [1.807, 2.05) is 6.07 Å². The first-order chi connectivity index (χ1) is 9.76. The molecule has 7 heteroatoms. The van der Waals surface area contributed by atoms with Crippen LogP contribution < -0.4 is 10.2 Å². The Labute approximate surface area is 115 Å². The van der Waals surface area contributed by atoms with Gasteiger partial charge in [-0.25, -0.2) is 9.61 Å². The predicted octanol–water partition coefficient (Wildman–Crippen LogP) is 0.724. The second kappa shape index (κ2) is 4.24. The average molecular weight is 273 g/mol. The molecule has 4 heterocycles. The van der Waals surface area contributed by atoms with Crippen molar-refractivity contribution in [2.24, 2.45) is 5.41 Å². The number of hydrogen-bond acceptors (Lipinski definition) is 6. The van der Waals surface area contributed by atoms with Gasteiger partial charge in [-0.1, -0.05) is 0 Å². The molecule has 1 amide bonds. The van der Waals surface area contributed by atoms with Crippen LogP contribution in [0.4, 0.5) is 5.82 Å². The van der Waals surface area contributed by atoms with Gasteiger partial charge in [0.1, 0.15) is 5.82 Å². The summed E-state index contributed by atoms with van der Waals surface area (Å²) in [6, 6.07) is 3.60. The van der Waals surface area contributed by atoms with Gasteiger partial charge in [0.2, 0.25) is 11.6 Å². The lowest BCUT2D eigenvalue weighted by Gasteiger charge is -2.32. The first-order valence-corrected chi connectivity index (χ1v) is 6.86. The number of rotatable bonds is 1. The van der Waals surface area contributed by atoms with Gasteiger partial charge in [0.15, 0.2) is 5.52 Å². The van der Waals surface area contributed by atoms with Gasteiger partial charge < -0.3 is 5.32 Å². The summed E-state index contributed by atoms with van der Waals surface area (Å²) in [4.78, 5) is 18.5. The molecule has 1 N–H and O–H groups in total. The molecule has 0 unspecified atom stereocenters. The van der Waals surface area contributed by atoms with E-state index in [0.717, 1.165) is 32.5 Å². The van der Waals surface area contributed by atoms with E-state index >= 15 is 0 Å². The Morgan fingerprint density at radius 3 is 2.95 bits per heavy atom. The Balaban J connectivity index is 1.66. The molecule has 2 aromatic heterocycles. The van der Waals surface area contributed by atoms with Crippen LogP contribution in [0.5, 0.6) is 0 Å². The van der Waals surface area contributed by atoms with E-state index in [0.29, 0.717) is 23.4 Å². The molecular weight excluding hydrogens is 258 g/mol. The van der Waals surface area contributed by atoms with E-state index < -0.39 is 0 Å². The molecule has 0 bridgehead atoms. The Kier molecular flexibility index (Phi) is 2.50. The number of amides is 1. The number of aromatic nitrogens is 3. The number of nitrogens with one attached hydrogen (secondary N) is 1. The van der Waals surface area contributed by atoms with Crippen molar-refractivity contribution in [2.45, 2.75) is 19.3 Å². The zero-order valence-corrected chi connectivity index (χ0v) is 11.0. The van der Waals surface area contributed by atoms with Gasteiger partial charge in [-0.15, -0.1) is 0 Å². The third kappa shape index (κ3) is 1.77. The molecule has 2 aliphatic heterocycles. The monoisotopic (exact) mass is 273 g/mol. The third-order valence-electron chi connectivity index (χ3n) is 4.37. The quantitative estimate of drug-likeness (QED) is 0.824. The molecule has 2 aromatic rings. The number of hydrogen-bond donors (Lipinski definition) is 1. The van der Waals surface area contributed by atoms with Crippen LogP contribution in [0.2, 0.25) is 0 Å².